The first-order chi connectivity index (χ1) is 10.4. The molecule has 122 valence electrons. The Morgan fingerprint density at radius 3 is 2.77 bits per heavy atom. The summed E-state index contributed by atoms with van der Waals surface area (Å²) in [5.41, 5.74) is 0.458. The molecule has 1 heterocycles. The molecule has 0 spiro atoms. The summed E-state index contributed by atoms with van der Waals surface area (Å²) in [4.78, 5) is 12.1. The molecule has 1 N–H and O–H groups in total. The van der Waals surface area contributed by atoms with Gasteiger partial charge in [-0.2, -0.15) is 4.31 Å². The molecule has 1 fully saturated rings. The smallest absolute Gasteiger partial charge is 0.239 e. The number of hydrogen-bond acceptors (Lipinski definition) is 4. The molecule has 22 heavy (non-hydrogen) atoms. The quantitative estimate of drug-likeness (QED) is 0.851. The van der Waals surface area contributed by atoms with Crippen molar-refractivity contribution in [2.45, 2.75) is 18.9 Å². The number of nitrogens with one attached hydrogen (secondary N) is 1. The second kappa shape index (κ2) is 7.41. The van der Waals surface area contributed by atoms with Crippen molar-refractivity contribution >= 4 is 33.2 Å². The molecule has 0 aromatic heterocycles. The lowest BCUT2D eigenvalue weighted by molar-refractivity contribution is -0.116. The summed E-state index contributed by atoms with van der Waals surface area (Å²) in [6, 6.07) is 6.80. The number of ether oxygens (including phenoxy) is 1. The highest BCUT2D eigenvalue weighted by molar-refractivity contribution is 7.88. The standard InChI is InChI=1S/C14H19ClN2O4S/c1-22(19,20)17(9-11-5-4-8-21-11)10-14(18)16-13-7-3-2-6-12(13)15/h2-3,6-7,11H,4-5,8-10H2,1H3,(H,16,18). The first kappa shape index (κ1) is 17.2. The van der Waals surface area contributed by atoms with Crippen LogP contribution in [-0.4, -0.2) is 50.7 Å². The number of para-hydroxylation sites is 1. The second-order valence-corrected chi connectivity index (χ2v) is 7.61. The van der Waals surface area contributed by atoms with Crippen molar-refractivity contribution in [1.82, 2.24) is 4.31 Å². The van der Waals surface area contributed by atoms with E-state index in [0.29, 0.717) is 17.3 Å². The maximum Gasteiger partial charge on any atom is 0.239 e. The number of carbonyl (C=O) groups excluding carboxylic acids is 1. The van der Waals surface area contributed by atoms with Crippen molar-refractivity contribution in [3.8, 4) is 0 Å². The van der Waals surface area contributed by atoms with Crippen LogP contribution in [0.3, 0.4) is 0 Å². The average Bonchev–Trinajstić information content (AvgIpc) is 2.92. The lowest BCUT2D eigenvalue weighted by Gasteiger charge is -2.22. The van der Waals surface area contributed by atoms with E-state index in [1.807, 2.05) is 0 Å². The van der Waals surface area contributed by atoms with Gasteiger partial charge < -0.3 is 10.1 Å². The number of hydrogen-bond donors (Lipinski definition) is 1. The first-order valence-corrected chi connectivity index (χ1v) is 9.20. The van der Waals surface area contributed by atoms with Crippen LogP contribution >= 0.6 is 11.6 Å². The Morgan fingerprint density at radius 1 is 1.45 bits per heavy atom. The number of amides is 1. The van der Waals surface area contributed by atoms with Crippen LogP contribution in [0.15, 0.2) is 24.3 Å². The Labute approximate surface area is 135 Å². The van der Waals surface area contributed by atoms with Crippen molar-refractivity contribution in [3.63, 3.8) is 0 Å². The highest BCUT2D eigenvalue weighted by Crippen LogP contribution is 2.20. The van der Waals surface area contributed by atoms with Gasteiger partial charge in [-0.3, -0.25) is 4.79 Å². The minimum Gasteiger partial charge on any atom is -0.377 e. The van der Waals surface area contributed by atoms with Gasteiger partial charge in [0.2, 0.25) is 15.9 Å². The van der Waals surface area contributed by atoms with Crippen LogP contribution < -0.4 is 5.32 Å². The summed E-state index contributed by atoms with van der Waals surface area (Å²) in [7, 11) is -3.49. The summed E-state index contributed by atoms with van der Waals surface area (Å²) < 4.78 is 30.2. The molecular formula is C14H19ClN2O4S. The molecule has 1 unspecified atom stereocenters. The van der Waals surface area contributed by atoms with Crippen LogP contribution in [0.5, 0.6) is 0 Å². The second-order valence-electron chi connectivity index (χ2n) is 5.22. The molecule has 0 radical (unpaired) electrons. The van der Waals surface area contributed by atoms with E-state index >= 15 is 0 Å². The molecule has 1 aromatic carbocycles. The van der Waals surface area contributed by atoms with Crippen LogP contribution in [-0.2, 0) is 19.6 Å². The summed E-state index contributed by atoms with van der Waals surface area (Å²) in [5.74, 6) is -0.434. The van der Waals surface area contributed by atoms with E-state index in [1.54, 1.807) is 24.3 Å². The van der Waals surface area contributed by atoms with Crippen LogP contribution in [0.1, 0.15) is 12.8 Å². The zero-order chi connectivity index (χ0) is 16.2. The minimum absolute atomic E-state index is 0.150. The van der Waals surface area contributed by atoms with Gasteiger partial charge in [0.1, 0.15) is 0 Å². The van der Waals surface area contributed by atoms with E-state index in [2.05, 4.69) is 5.32 Å². The predicted octanol–water partition coefficient (Wildman–Crippen LogP) is 1.72. The van der Waals surface area contributed by atoms with Crippen LogP contribution in [0, 0.1) is 0 Å². The zero-order valence-electron chi connectivity index (χ0n) is 12.3. The number of anilines is 1. The highest BCUT2D eigenvalue weighted by Gasteiger charge is 2.26. The van der Waals surface area contributed by atoms with E-state index in [9.17, 15) is 13.2 Å². The van der Waals surface area contributed by atoms with Crippen LogP contribution in [0.2, 0.25) is 5.02 Å². The van der Waals surface area contributed by atoms with E-state index in [4.69, 9.17) is 16.3 Å². The number of rotatable bonds is 6. The fourth-order valence-electron chi connectivity index (χ4n) is 2.25. The van der Waals surface area contributed by atoms with Crippen molar-refractivity contribution in [2.75, 3.05) is 31.3 Å². The van der Waals surface area contributed by atoms with Gasteiger partial charge >= 0.3 is 0 Å². The highest BCUT2D eigenvalue weighted by atomic mass is 35.5. The third-order valence-electron chi connectivity index (χ3n) is 3.37. The molecule has 0 bridgehead atoms. The summed E-state index contributed by atoms with van der Waals surface area (Å²) in [6.07, 6.45) is 2.65. The van der Waals surface area contributed by atoms with E-state index in [0.717, 1.165) is 23.4 Å². The largest absolute Gasteiger partial charge is 0.377 e. The fourth-order valence-corrected chi connectivity index (χ4v) is 3.22. The molecule has 8 heteroatoms. The third kappa shape index (κ3) is 4.95. The van der Waals surface area contributed by atoms with Crippen molar-refractivity contribution in [3.05, 3.63) is 29.3 Å². The van der Waals surface area contributed by atoms with Gasteiger partial charge in [-0.25, -0.2) is 8.42 Å². The molecule has 1 aliphatic heterocycles. The van der Waals surface area contributed by atoms with Gasteiger partial charge in [0.25, 0.3) is 0 Å². The molecule has 1 aromatic rings. The van der Waals surface area contributed by atoms with Gasteiger partial charge in [0.05, 0.1) is 29.6 Å². The molecule has 1 saturated heterocycles. The van der Waals surface area contributed by atoms with E-state index in [1.165, 1.54) is 0 Å². The minimum atomic E-state index is -3.49. The average molecular weight is 347 g/mol. The molecule has 0 aliphatic carbocycles. The number of halogens is 1. The van der Waals surface area contributed by atoms with E-state index < -0.39 is 15.9 Å². The van der Waals surface area contributed by atoms with Gasteiger partial charge in [-0.15, -0.1) is 0 Å². The Kier molecular flexibility index (Phi) is 5.80. The third-order valence-corrected chi connectivity index (χ3v) is 4.91. The van der Waals surface area contributed by atoms with Crippen molar-refractivity contribution < 1.29 is 17.9 Å². The lowest BCUT2D eigenvalue weighted by Crippen LogP contribution is -2.41. The summed E-state index contributed by atoms with van der Waals surface area (Å²) >= 11 is 5.97. The number of nitrogens with zero attached hydrogens (tertiary/aromatic N) is 1. The Morgan fingerprint density at radius 2 is 2.18 bits per heavy atom. The Bertz CT molecular complexity index is 629. The first-order valence-electron chi connectivity index (χ1n) is 6.97. The van der Waals surface area contributed by atoms with E-state index in [-0.39, 0.29) is 19.2 Å². The number of carbonyl (C=O) groups is 1. The topological polar surface area (TPSA) is 75.7 Å². The number of sulfonamides is 1. The van der Waals surface area contributed by atoms with Gasteiger partial charge in [-0.1, -0.05) is 23.7 Å². The zero-order valence-corrected chi connectivity index (χ0v) is 13.9. The number of benzene rings is 1. The van der Waals surface area contributed by atoms with Crippen molar-refractivity contribution in [1.29, 1.82) is 0 Å². The van der Waals surface area contributed by atoms with Crippen LogP contribution in [0.4, 0.5) is 5.69 Å². The summed E-state index contributed by atoms with van der Waals surface area (Å²) in [6.45, 7) is 0.562. The normalized spacial score (nSPS) is 18.6. The maximum atomic E-state index is 12.1. The summed E-state index contributed by atoms with van der Waals surface area (Å²) in [5, 5.41) is 3.02. The van der Waals surface area contributed by atoms with Gasteiger partial charge in [0.15, 0.2) is 0 Å². The maximum absolute atomic E-state index is 12.1. The molecule has 1 aliphatic rings. The molecule has 1 atom stereocenters. The molecular weight excluding hydrogens is 328 g/mol. The van der Waals surface area contributed by atoms with Gasteiger partial charge in [0, 0.05) is 13.2 Å². The SMILES string of the molecule is CS(=O)(=O)N(CC(=O)Nc1ccccc1Cl)CC1CCCO1. The monoisotopic (exact) mass is 346 g/mol. The van der Waals surface area contributed by atoms with Crippen molar-refractivity contribution in [2.24, 2.45) is 0 Å². The molecule has 0 saturated carbocycles. The molecule has 1 amide bonds. The lowest BCUT2D eigenvalue weighted by atomic mass is 10.2. The molecule has 2 rings (SSSR count). The van der Waals surface area contributed by atoms with Crippen LogP contribution in [0.25, 0.3) is 0 Å². The fraction of sp³-hybridized carbons (Fsp3) is 0.500. The predicted molar refractivity (Wildman–Crippen MR) is 85.5 cm³/mol. The van der Waals surface area contributed by atoms with Gasteiger partial charge in [-0.05, 0) is 25.0 Å². The molecule has 6 nitrogen and oxygen atoms in total. The Hall–Kier alpha value is -1.15. The Balaban J connectivity index is 2.00.